The standard InChI is InChI=1S/C14H24N2O3/c1-5-16(6-2)9-10(3)15-11(4)12-7-8-13(19-12)14(17)18/h7-8,10-11,15H,5-6,9H2,1-4H3,(H,17,18). The van der Waals surface area contributed by atoms with E-state index < -0.39 is 5.97 Å². The van der Waals surface area contributed by atoms with Crippen molar-refractivity contribution in [3.8, 4) is 0 Å². The van der Waals surface area contributed by atoms with E-state index in [0.29, 0.717) is 11.8 Å². The van der Waals surface area contributed by atoms with Gasteiger partial charge in [-0.25, -0.2) is 4.79 Å². The van der Waals surface area contributed by atoms with E-state index >= 15 is 0 Å². The number of carboxylic acid groups (broad SMARTS) is 1. The number of nitrogens with one attached hydrogen (secondary N) is 1. The van der Waals surface area contributed by atoms with Gasteiger partial charge in [-0.3, -0.25) is 0 Å². The molecule has 0 saturated heterocycles. The van der Waals surface area contributed by atoms with Crippen molar-refractivity contribution in [2.75, 3.05) is 19.6 Å². The van der Waals surface area contributed by atoms with Crippen LogP contribution in [0.15, 0.2) is 16.5 Å². The van der Waals surface area contributed by atoms with Crippen LogP contribution in [0.25, 0.3) is 0 Å². The number of rotatable bonds is 8. The van der Waals surface area contributed by atoms with Gasteiger partial charge >= 0.3 is 5.97 Å². The van der Waals surface area contributed by atoms with E-state index in [4.69, 9.17) is 9.52 Å². The van der Waals surface area contributed by atoms with Crippen molar-refractivity contribution in [3.63, 3.8) is 0 Å². The molecule has 0 radical (unpaired) electrons. The number of likely N-dealkylation sites (N-methyl/N-ethyl adjacent to an activating group) is 1. The summed E-state index contributed by atoms with van der Waals surface area (Å²) in [5, 5.41) is 12.2. The van der Waals surface area contributed by atoms with Crippen molar-refractivity contribution in [3.05, 3.63) is 23.7 Å². The second kappa shape index (κ2) is 7.31. The maximum absolute atomic E-state index is 10.8. The molecule has 1 rings (SSSR count). The number of aromatic carboxylic acids is 1. The van der Waals surface area contributed by atoms with E-state index in [2.05, 4.69) is 31.0 Å². The van der Waals surface area contributed by atoms with Gasteiger partial charge in [0, 0.05) is 12.6 Å². The highest BCUT2D eigenvalue weighted by Gasteiger charge is 2.16. The third-order valence-corrected chi connectivity index (χ3v) is 3.23. The molecule has 5 heteroatoms. The molecule has 0 spiro atoms. The summed E-state index contributed by atoms with van der Waals surface area (Å²) in [4.78, 5) is 13.1. The van der Waals surface area contributed by atoms with Crippen LogP contribution in [-0.4, -0.2) is 41.7 Å². The van der Waals surface area contributed by atoms with Crippen molar-refractivity contribution in [1.29, 1.82) is 0 Å². The van der Waals surface area contributed by atoms with Gasteiger partial charge in [-0.1, -0.05) is 13.8 Å². The van der Waals surface area contributed by atoms with Crippen LogP contribution in [0.1, 0.15) is 50.1 Å². The summed E-state index contributed by atoms with van der Waals surface area (Å²) in [6, 6.07) is 3.52. The largest absolute Gasteiger partial charge is 0.475 e. The van der Waals surface area contributed by atoms with Crippen LogP contribution in [0.2, 0.25) is 0 Å². The molecule has 1 aromatic heterocycles. The number of carbonyl (C=O) groups is 1. The second-order valence-electron chi connectivity index (χ2n) is 4.78. The molecule has 2 atom stereocenters. The van der Waals surface area contributed by atoms with Crippen molar-refractivity contribution in [2.45, 2.75) is 39.8 Å². The Hall–Kier alpha value is -1.33. The third-order valence-electron chi connectivity index (χ3n) is 3.23. The normalized spacial score (nSPS) is 14.6. The molecule has 0 aliphatic rings. The maximum atomic E-state index is 10.8. The summed E-state index contributed by atoms with van der Waals surface area (Å²) in [5.41, 5.74) is 0. The van der Waals surface area contributed by atoms with Crippen molar-refractivity contribution in [2.24, 2.45) is 0 Å². The smallest absolute Gasteiger partial charge is 0.371 e. The zero-order valence-corrected chi connectivity index (χ0v) is 12.1. The Morgan fingerprint density at radius 3 is 2.47 bits per heavy atom. The number of hydrogen-bond donors (Lipinski definition) is 2. The van der Waals surface area contributed by atoms with E-state index in [9.17, 15) is 4.79 Å². The highest BCUT2D eigenvalue weighted by molar-refractivity contribution is 5.84. The van der Waals surface area contributed by atoms with Crippen LogP contribution in [0.5, 0.6) is 0 Å². The number of nitrogens with zero attached hydrogens (tertiary/aromatic N) is 1. The molecule has 0 aliphatic carbocycles. The molecule has 0 aliphatic heterocycles. The zero-order chi connectivity index (χ0) is 14.4. The molecule has 5 nitrogen and oxygen atoms in total. The van der Waals surface area contributed by atoms with E-state index in [1.807, 2.05) is 6.92 Å². The van der Waals surface area contributed by atoms with Crippen molar-refractivity contribution >= 4 is 5.97 Å². The van der Waals surface area contributed by atoms with Gasteiger partial charge in [-0.15, -0.1) is 0 Å². The Bertz CT molecular complexity index is 399. The SMILES string of the molecule is CCN(CC)CC(C)NC(C)c1ccc(C(=O)O)o1. The minimum Gasteiger partial charge on any atom is -0.475 e. The van der Waals surface area contributed by atoms with Crippen LogP contribution >= 0.6 is 0 Å². The van der Waals surface area contributed by atoms with Crippen LogP contribution < -0.4 is 5.32 Å². The van der Waals surface area contributed by atoms with Crippen LogP contribution in [-0.2, 0) is 0 Å². The average molecular weight is 268 g/mol. The second-order valence-corrected chi connectivity index (χ2v) is 4.78. The molecule has 2 unspecified atom stereocenters. The average Bonchev–Trinajstić information content (AvgIpc) is 2.85. The minimum absolute atomic E-state index is 0.00124. The van der Waals surface area contributed by atoms with Gasteiger partial charge < -0.3 is 19.7 Å². The number of furan rings is 1. The third kappa shape index (κ3) is 4.69. The molecule has 0 amide bonds. The lowest BCUT2D eigenvalue weighted by Crippen LogP contribution is -2.40. The topological polar surface area (TPSA) is 65.7 Å². The summed E-state index contributed by atoms with van der Waals surface area (Å²) in [6.07, 6.45) is 0. The fourth-order valence-electron chi connectivity index (χ4n) is 2.13. The lowest BCUT2D eigenvalue weighted by Gasteiger charge is -2.25. The summed E-state index contributed by atoms with van der Waals surface area (Å²) < 4.78 is 5.29. The number of hydrogen-bond acceptors (Lipinski definition) is 4. The number of carboxylic acids is 1. The first-order chi connectivity index (χ1) is 8.97. The van der Waals surface area contributed by atoms with Crippen molar-refractivity contribution in [1.82, 2.24) is 10.2 Å². The predicted octanol–water partition coefficient (Wildman–Crippen LogP) is 2.36. The van der Waals surface area contributed by atoms with E-state index in [1.54, 1.807) is 6.07 Å². The molecule has 108 valence electrons. The summed E-state index contributed by atoms with van der Waals surface area (Å²) in [5.74, 6) is -0.390. The monoisotopic (exact) mass is 268 g/mol. The zero-order valence-electron chi connectivity index (χ0n) is 12.1. The molecule has 19 heavy (non-hydrogen) atoms. The van der Waals surface area contributed by atoms with Gasteiger partial charge in [0.25, 0.3) is 0 Å². The quantitative estimate of drug-likeness (QED) is 0.757. The van der Waals surface area contributed by atoms with Gasteiger partial charge in [0.15, 0.2) is 0 Å². The highest BCUT2D eigenvalue weighted by Crippen LogP contribution is 2.17. The molecule has 2 N–H and O–H groups in total. The lowest BCUT2D eigenvalue weighted by atomic mass is 10.2. The Balaban J connectivity index is 2.53. The Labute approximate surface area is 114 Å². The van der Waals surface area contributed by atoms with Crippen LogP contribution in [0.4, 0.5) is 0 Å². The maximum Gasteiger partial charge on any atom is 0.371 e. The molecule has 0 saturated carbocycles. The van der Waals surface area contributed by atoms with E-state index in [0.717, 1.165) is 19.6 Å². The lowest BCUT2D eigenvalue weighted by molar-refractivity contribution is 0.0659. The van der Waals surface area contributed by atoms with E-state index in [-0.39, 0.29) is 11.8 Å². The fourth-order valence-corrected chi connectivity index (χ4v) is 2.13. The molecule has 1 heterocycles. The fraction of sp³-hybridized carbons (Fsp3) is 0.643. The van der Waals surface area contributed by atoms with Crippen LogP contribution in [0.3, 0.4) is 0 Å². The molecule has 0 fully saturated rings. The Morgan fingerprint density at radius 1 is 1.37 bits per heavy atom. The van der Waals surface area contributed by atoms with Gasteiger partial charge in [-0.05, 0) is 39.1 Å². The van der Waals surface area contributed by atoms with Gasteiger partial charge in [0.05, 0.1) is 6.04 Å². The first kappa shape index (κ1) is 15.7. The van der Waals surface area contributed by atoms with Crippen molar-refractivity contribution < 1.29 is 14.3 Å². The predicted molar refractivity (Wildman–Crippen MR) is 74.5 cm³/mol. The highest BCUT2D eigenvalue weighted by atomic mass is 16.4. The summed E-state index contributed by atoms with van der Waals surface area (Å²) in [7, 11) is 0. The summed E-state index contributed by atoms with van der Waals surface area (Å²) in [6.45, 7) is 11.4. The molecule has 0 bridgehead atoms. The van der Waals surface area contributed by atoms with Gasteiger partial charge in [0.2, 0.25) is 5.76 Å². The van der Waals surface area contributed by atoms with Gasteiger partial charge in [-0.2, -0.15) is 0 Å². The minimum atomic E-state index is -1.03. The Morgan fingerprint density at radius 2 is 2.00 bits per heavy atom. The Kier molecular flexibility index (Phi) is 6.05. The van der Waals surface area contributed by atoms with Gasteiger partial charge in [0.1, 0.15) is 5.76 Å². The first-order valence-electron chi connectivity index (χ1n) is 6.79. The van der Waals surface area contributed by atoms with E-state index in [1.165, 1.54) is 6.07 Å². The first-order valence-corrected chi connectivity index (χ1v) is 6.79. The molecule has 0 aromatic carbocycles. The molecule has 1 aromatic rings. The van der Waals surface area contributed by atoms with Crippen LogP contribution in [0, 0.1) is 0 Å². The molecular weight excluding hydrogens is 244 g/mol. The molecular formula is C14H24N2O3. The summed E-state index contributed by atoms with van der Waals surface area (Å²) >= 11 is 0.